The van der Waals surface area contributed by atoms with E-state index in [9.17, 15) is 4.79 Å². The standard InChI is InChI=1S/C27H32N2O4/c1-4-21-8-9-26-24(15-21)16-22-6-5-7-23(14-22)18-29(10-11-31-12-13-32-26)27(30)17-25-19(2)28-33-20(25)3/h5-9,14-15H,4,10-13,16-18H2,1-3H3. The van der Waals surface area contributed by atoms with E-state index >= 15 is 0 Å². The number of nitrogens with zero attached hydrogens (tertiary/aromatic N) is 2. The molecule has 2 heterocycles. The molecule has 3 aromatic rings. The second kappa shape index (κ2) is 10.7. The Bertz CT molecular complexity index is 1090. The quantitative estimate of drug-likeness (QED) is 0.593. The third-order valence-corrected chi connectivity index (χ3v) is 6.15. The van der Waals surface area contributed by atoms with Crippen LogP contribution in [0.5, 0.6) is 5.75 Å². The molecule has 6 nitrogen and oxygen atoms in total. The zero-order valence-electron chi connectivity index (χ0n) is 19.7. The minimum atomic E-state index is 0.0414. The van der Waals surface area contributed by atoms with Crippen LogP contribution in [0.15, 0.2) is 47.0 Å². The number of aryl methyl sites for hydroxylation is 3. The minimum absolute atomic E-state index is 0.0414. The van der Waals surface area contributed by atoms with Gasteiger partial charge in [0.2, 0.25) is 5.91 Å². The highest BCUT2D eigenvalue weighted by molar-refractivity contribution is 5.79. The summed E-state index contributed by atoms with van der Waals surface area (Å²) in [6.45, 7) is 8.35. The number of hydrogen-bond acceptors (Lipinski definition) is 5. The lowest BCUT2D eigenvalue weighted by molar-refractivity contribution is -0.132. The van der Waals surface area contributed by atoms with Gasteiger partial charge in [0.25, 0.3) is 0 Å². The zero-order valence-corrected chi connectivity index (χ0v) is 19.7. The number of carbonyl (C=O) groups excluding carboxylic acids is 1. The summed E-state index contributed by atoms with van der Waals surface area (Å²) in [4.78, 5) is 15.1. The first-order valence-electron chi connectivity index (χ1n) is 11.6. The van der Waals surface area contributed by atoms with Crippen molar-refractivity contribution in [3.8, 4) is 5.75 Å². The monoisotopic (exact) mass is 448 g/mol. The Hall–Kier alpha value is -3.12. The Balaban J connectivity index is 1.58. The van der Waals surface area contributed by atoms with Crippen molar-refractivity contribution in [2.75, 3.05) is 26.4 Å². The fraction of sp³-hybridized carbons (Fsp3) is 0.407. The van der Waals surface area contributed by atoms with Crippen molar-refractivity contribution in [3.05, 3.63) is 81.7 Å². The third-order valence-electron chi connectivity index (χ3n) is 6.15. The predicted molar refractivity (Wildman–Crippen MR) is 126 cm³/mol. The van der Waals surface area contributed by atoms with Gasteiger partial charge in [0, 0.05) is 25.1 Å². The number of hydrogen-bond donors (Lipinski definition) is 0. The van der Waals surface area contributed by atoms with Crippen molar-refractivity contribution < 1.29 is 18.8 Å². The molecule has 1 aliphatic heterocycles. The highest BCUT2D eigenvalue weighted by Crippen LogP contribution is 2.25. The van der Waals surface area contributed by atoms with Gasteiger partial charge in [-0.05, 0) is 48.6 Å². The van der Waals surface area contributed by atoms with Crippen molar-refractivity contribution >= 4 is 5.91 Å². The molecule has 2 aromatic carbocycles. The van der Waals surface area contributed by atoms with E-state index in [4.69, 9.17) is 14.0 Å². The lowest BCUT2D eigenvalue weighted by Crippen LogP contribution is -2.35. The van der Waals surface area contributed by atoms with Crippen molar-refractivity contribution in [1.82, 2.24) is 10.1 Å². The van der Waals surface area contributed by atoms with Crippen molar-refractivity contribution in [3.63, 3.8) is 0 Å². The number of amides is 1. The minimum Gasteiger partial charge on any atom is -0.491 e. The molecule has 33 heavy (non-hydrogen) atoms. The molecule has 0 saturated heterocycles. The Morgan fingerprint density at radius 2 is 1.91 bits per heavy atom. The van der Waals surface area contributed by atoms with Gasteiger partial charge in [-0.2, -0.15) is 0 Å². The maximum Gasteiger partial charge on any atom is 0.227 e. The second-order valence-corrected chi connectivity index (χ2v) is 8.55. The first-order chi connectivity index (χ1) is 16.0. The number of ether oxygens (including phenoxy) is 2. The molecular formula is C27H32N2O4. The highest BCUT2D eigenvalue weighted by atomic mass is 16.5. The van der Waals surface area contributed by atoms with E-state index in [0.717, 1.165) is 35.4 Å². The second-order valence-electron chi connectivity index (χ2n) is 8.55. The summed E-state index contributed by atoms with van der Waals surface area (Å²) in [5.41, 5.74) is 6.41. The number of fused-ring (bicyclic) bond motifs is 3. The summed E-state index contributed by atoms with van der Waals surface area (Å²) in [5, 5.41) is 3.98. The van der Waals surface area contributed by atoms with Crippen LogP contribution in [-0.4, -0.2) is 42.3 Å². The fourth-order valence-electron chi connectivity index (χ4n) is 4.21. The molecule has 174 valence electrons. The van der Waals surface area contributed by atoms with E-state index in [1.165, 1.54) is 16.7 Å². The number of rotatable bonds is 3. The maximum atomic E-state index is 13.2. The van der Waals surface area contributed by atoms with Crippen molar-refractivity contribution in [2.24, 2.45) is 0 Å². The van der Waals surface area contributed by atoms with Crippen LogP contribution in [0.4, 0.5) is 0 Å². The van der Waals surface area contributed by atoms with Crippen LogP contribution in [0.25, 0.3) is 0 Å². The van der Waals surface area contributed by atoms with Crippen LogP contribution < -0.4 is 4.74 Å². The smallest absolute Gasteiger partial charge is 0.227 e. The fourth-order valence-corrected chi connectivity index (χ4v) is 4.21. The molecule has 0 saturated carbocycles. The molecule has 0 unspecified atom stereocenters. The molecule has 0 aliphatic carbocycles. The normalized spacial score (nSPS) is 14.8. The van der Waals surface area contributed by atoms with Gasteiger partial charge >= 0.3 is 0 Å². The van der Waals surface area contributed by atoms with Gasteiger partial charge < -0.3 is 18.9 Å². The molecule has 1 aliphatic rings. The Morgan fingerprint density at radius 1 is 1.06 bits per heavy atom. The molecule has 1 aromatic heterocycles. The third kappa shape index (κ3) is 5.82. The summed E-state index contributed by atoms with van der Waals surface area (Å²) in [6.07, 6.45) is 2.04. The van der Waals surface area contributed by atoms with Crippen LogP contribution in [0, 0.1) is 13.8 Å². The van der Waals surface area contributed by atoms with Crippen LogP contribution in [0.3, 0.4) is 0 Å². The van der Waals surface area contributed by atoms with E-state index in [0.29, 0.717) is 38.7 Å². The van der Waals surface area contributed by atoms with Gasteiger partial charge in [-0.3, -0.25) is 4.79 Å². The molecule has 1 amide bonds. The van der Waals surface area contributed by atoms with Gasteiger partial charge in [0.15, 0.2) is 0 Å². The summed E-state index contributed by atoms with van der Waals surface area (Å²) < 4.78 is 17.1. The molecule has 2 bridgehead atoms. The first kappa shape index (κ1) is 23.1. The highest BCUT2D eigenvalue weighted by Gasteiger charge is 2.20. The largest absolute Gasteiger partial charge is 0.491 e. The molecule has 0 N–H and O–H groups in total. The molecule has 6 heteroatoms. The summed E-state index contributed by atoms with van der Waals surface area (Å²) >= 11 is 0. The van der Waals surface area contributed by atoms with Gasteiger partial charge in [-0.1, -0.05) is 48.5 Å². The van der Waals surface area contributed by atoms with Crippen LogP contribution in [0.2, 0.25) is 0 Å². The van der Waals surface area contributed by atoms with Gasteiger partial charge in [0.05, 0.1) is 25.3 Å². The van der Waals surface area contributed by atoms with E-state index < -0.39 is 0 Å². The SMILES string of the molecule is CCc1ccc2c(c1)Cc1cccc(c1)CN(C(=O)Cc1c(C)noc1C)CCOCCO2. The van der Waals surface area contributed by atoms with Crippen LogP contribution in [0.1, 0.15) is 46.2 Å². The van der Waals surface area contributed by atoms with E-state index in [2.05, 4.69) is 54.5 Å². The van der Waals surface area contributed by atoms with Crippen molar-refractivity contribution in [1.29, 1.82) is 0 Å². The molecular weight excluding hydrogens is 416 g/mol. The van der Waals surface area contributed by atoms with E-state index in [-0.39, 0.29) is 12.3 Å². The topological polar surface area (TPSA) is 64.8 Å². The van der Waals surface area contributed by atoms with Crippen LogP contribution in [-0.2, 0) is 35.3 Å². The Labute approximate surface area is 195 Å². The zero-order chi connectivity index (χ0) is 23.2. The van der Waals surface area contributed by atoms with Crippen molar-refractivity contribution in [2.45, 2.75) is 46.6 Å². The summed E-state index contributed by atoms with van der Waals surface area (Å²) in [6, 6.07) is 14.9. The van der Waals surface area contributed by atoms with E-state index in [1.54, 1.807) is 0 Å². The Kier molecular flexibility index (Phi) is 7.45. The molecule has 0 radical (unpaired) electrons. The predicted octanol–water partition coefficient (Wildman–Crippen LogP) is 4.42. The number of benzene rings is 2. The molecule has 0 spiro atoms. The lowest BCUT2D eigenvalue weighted by Gasteiger charge is -2.24. The number of carbonyl (C=O) groups is 1. The average Bonchev–Trinajstić information content (AvgIpc) is 3.13. The summed E-state index contributed by atoms with van der Waals surface area (Å²) in [7, 11) is 0. The van der Waals surface area contributed by atoms with Gasteiger partial charge in [0.1, 0.15) is 18.1 Å². The molecule has 0 fully saturated rings. The lowest BCUT2D eigenvalue weighted by atomic mass is 9.99. The van der Waals surface area contributed by atoms with E-state index in [1.807, 2.05) is 18.7 Å². The van der Waals surface area contributed by atoms with Gasteiger partial charge in [-0.15, -0.1) is 0 Å². The number of aromatic nitrogens is 1. The van der Waals surface area contributed by atoms with Gasteiger partial charge in [-0.25, -0.2) is 0 Å². The molecule has 0 atom stereocenters. The summed E-state index contributed by atoms with van der Waals surface area (Å²) in [5.74, 6) is 1.65. The molecule has 4 rings (SSSR count). The Morgan fingerprint density at radius 3 is 2.70 bits per heavy atom. The van der Waals surface area contributed by atoms with Crippen LogP contribution >= 0.6 is 0 Å². The average molecular weight is 449 g/mol. The maximum absolute atomic E-state index is 13.2. The first-order valence-corrected chi connectivity index (χ1v) is 11.6.